The van der Waals surface area contributed by atoms with Crippen LogP contribution in [0.1, 0.15) is 18.9 Å². The van der Waals surface area contributed by atoms with E-state index in [2.05, 4.69) is 46.3 Å². The zero-order valence-electron chi connectivity index (χ0n) is 15.4. The van der Waals surface area contributed by atoms with Crippen molar-refractivity contribution in [2.24, 2.45) is 0 Å². The third-order valence-corrected chi connectivity index (χ3v) is 4.18. The summed E-state index contributed by atoms with van der Waals surface area (Å²) in [5, 5.41) is 3.39. The highest BCUT2D eigenvalue weighted by Crippen LogP contribution is 2.22. The molecule has 0 saturated carbocycles. The summed E-state index contributed by atoms with van der Waals surface area (Å²) >= 11 is 0. The molecule has 0 spiro atoms. The van der Waals surface area contributed by atoms with Crippen LogP contribution in [0.15, 0.2) is 60.9 Å². The maximum absolute atomic E-state index is 4.79. The second-order valence-electron chi connectivity index (χ2n) is 6.25. The first-order valence-corrected chi connectivity index (χ1v) is 9.04. The van der Waals surface area contributed by atoms with Gasteiger partial charge in [0, 0.05) is 44.2 Å². The fourth-order valence-electron chi connectivity index (χ4n) is 2.65. The molecule has 5 nitrogen and oxygen atoms in total. The fourth-order valence-corrected chi connectivity index (χ4v) is 2.65. The van der Waals surface area contributed by atoms with E-state index < -0.39 is 0 Å². The Morgan fingerprint density at radius 1 is 1.00 bits per heavy atom. The molecule has 0 bridgehead atoms. The van der Waals surface area contributed by atoms with Gasteiger partial charge in [-0.2, -0.15) is 0 Å². The Morgan fingerprint density at radius 3 is 2.50 bits per heavy atom. The first-order chi connectivity index (χ1) is 12.8. The number of likely N-dealkylation sites (N-methyl/N-ethyl adjacent to an activating group) is 1. The second-order valence-corrected chi connectivity index (χ2v) is 6.25. The molecule has 0 aliphatic carbocycles. The average Bonchev–Trinajstić information content (AvgIpc) is 2.71. The number of anilines is 2. The van der Waals surface area contributed by atoms with Crippen LogP contribution in [-0.4, -0.2) is 35.1 Å². The minimum Gasteiger partial charge on any atom is -0.370 e. The largest absolute Gasteiger partial charge is 0.370 e. The van der Waals surface area contributed by atoms with Crippen molar-refractivity contribution in [3.63, 3.8) is 0 Å². The van der Waals surface area contributed by atoms with E-state index in [-0.39, 0.29) is 0 Å². The molecule has 3 aromatic rings. The SMILES string of the molecule is CCCNc1cc(N(C)CCc2ccncc2)nc(-c2ccccc2)n1. The molecular weight excluding hydrogens is 322 g/mol. The van der Waals surface area contributed by atoms with Crippen LogP contribution >= 0.6 is 0 Å². The van der Waals surface area contributed by atoms with Crippen molar-refractivity contribution in [3.8, 4) is 11.4 Å². The molecule has 0 radical (unpaired) electrons. The van der Waals surface area contributed by atoms with Crippen molar-refractivity contribution >= 4 is 11.6 Å². The van der Waals surface area contributed by atoms with Crippen molar-refractivity contribution in [2.45, 2.75) is 19.8 Å². The van der Waals surface area contributed by atoms with Gasteiger partial charge in [0.2, 0.25) is 0 Å². The number of rotatable bonds is 8. The Bertz CT molecular complexity index is 805. The van der Waals surface area contributed by atoms with E-state index in [1.54, 1.807) is 0 Å². The lowest BCUT2D eigenvalue weighted by atomic mass is 10.2. The molecule has 2 heterocycles. The van der Waals surface area contributed by atoms with Crippen molar-refractivity contribution in [1.82, 2.24) is 15.0 Å². The third kappa shape index (κ3) is 4.79. The molecule has 0 amide bonds. The van der Waals surface area contributed by atoms with E-state index in [1.807, 2.05) is 48.8 Å². The van der Waals surface area contributed by atoms with Gasteiger partial charge in [-0.05, 0) is 30.5 Å². The summed E-state index contributed by atoms with van der Waals surface area (Å²) in [4.78, 5) is 15.7. The van der Waals surface area contributed by atoms with Gasteiger partial charge in [-0.25, -0.2) is 9.97 Å². The summed E-state index contributed by atoms with van der Waals surface area (Å²) < 4.78 is 0. The van der Waals surface area contributed by atoms with Crippen LogP contribution in [0.25, 0.3) is 11.4 Å². The maximum Gasteiger partial charge on any atom is 0.163 e. The summed E-state index contributed by atoms with van der Waals surface area (Å²) in [5.41, 5.74) is 2.30. The van der Waals surface area contributed by atoms with Gasteiger partial charge in [-0.3, -0.25) is 4.98 Å². The number of hydrogen-bond acceptors (Lipinski definition) is 5. The van der Waals surface area contributed by atoms with Gasteiger partial charge in [0.1, 0.15) is 11.6 Å². The molecule has 1 N–H and O–H groups in total. The molecule has 5 heteroatoms. The normalized spacial score (nSPS) is 10.5. The van der Waals surface area contributed by atoms with E-state index in [1.165, 1.54) is 5.56 Å². The molecule has 0 atom stereocenters. The Kier molecular flexibility index (Phi) is 6.14. The third-order valence-electron chi connectivity index (χ3n) is 4.18. The predicted molar refractivity (Wildman–Crippen MR) is 107 cm³/mol. The quantitative estimate of drug-likeness (QED) is 0.666. The van der Waals surface area contributed by atoms with Crippen LogP contribution in [0.4, 0.5) is 11.6 Å². The predicted octanol–water partition coefficient (Wildman–Crippen LogP) is 4.04. The maximum atomic E-state index is 4.79. The van der Waals surface area contributed by atoms with Crippen LogP contribution in [0.2, 0.25) is 0 Å². The van der Waals surface area contributed by atoms with E-state index in [4.69, 9.17) is 4.98 Å². The number of benzene rings is 1. The monoisotopic (exact) mass is 347 g/mol. The topological polar surface area (TPSA) is 53.9 Å². The first kappa shape index (κ1) is 17.9. The Hall–Kier alpha value is -2.95. The highest BCUT2D eigenvalue weighted by molar-refractivity contribution is 5.61. The number of nitrogens with zero attached hydrogens (tertiary/aromatic N) is 4. The lowest BCUT2D eigenvalue weighted by Crippen LogP contribution is -2.22. The minimum absolute atomic E-state index is 0.748. The molecule has 0 fully saturated rings. The highest BCUT2D eigenvalue weighted by Gasteiger charge is 2.10. The molecule has 134 valence electrons. The van der Waals surface area contributed by atoms with Crippen molar-refractivity contribution in [3.05, 3.63) is 66.5 Å². The van der Waals surface area contributed by atoms with Crippen LogP contribution in [0, 0.1) is 0 Å². The smallest absolute Gasteiger partial charge is 0.163 e. The van der Waals surface area contributed by atoms with Gasteiger partial charge in [0.05, 0.1) is 0 Å². The van der Waals surface area contributed by atoms with Gasteiger partial charge >= 0.3 is 0 Å². The molecule has 26 heavy (non-hydrogen) atoms. The Morgan fingerprint density at radius 2 is 1.77 bits per heavy atom. The lowest BCUT2D eigenvalue weighted by Gasteiger charge is -2.20. The van der Waals surface area contributed by atoms with Gasteiger partial charge < -0.3 is 10.2 Å². The highest BCUT2D eigenvalue weighted by atomic mass is 15.2. The van der Waals surface area contributed by atoms with Gasteiger partial charge in [0.15, 0.2) is 5.82 Å². The number of aromatic nitrogens is 3. The van der Waals surface area contributed by atoms with E-state index in [0.717, 1.165) is 49.0 Å². The van der Waals surface area contributed by atoms with Crippen LogP contribution in [0.3, 0.4) is 0 Å². The van der Waals surface area contributed by atoms with E-state index >= 15 is 0 Å². The average molecular weight is 347 g/mol. The zero-order chi connectivity index (χ0) is 18.2. The summed E-state index contributed by atoms with van der Waals surface area (Å²) in [7, 11) is 2.07. The standard InChI is InChI=1S/C21H25N5/c1-3-12-23-19-16-20(25-21(24-19)18-7-5-4-6-8-18)26(2)15-11-17-9-13-22-14-10-17/h4-10,13-14,16H,3,11-12,15H2,1-2H3,(H,23,24,25). The van der Waals surface area contributed by atoms with E-state index in [0.29, 0.717) is 0 Å². The summed E-state index contributed by atoms with van der Waals surface area (Å²) in [6.45, 7) is 3.92. The van der Waals surface area contributed by atoms with Gasteiger partial charge in [-0.1, -0.05) is 37.3 Å². The molecule has 0 saturated heterocycles. The summed E-state index contributed by atoms with van der Waals surface area (Å²) in [6.07, 6.45) is 5.67. The van der Waals surface area contributed by atoms with Crippen molar-refractivity contribution < 1.29 is 0 Å². The number of nitrogens with one attached hydrogen (secondary N) is 1. The molecule has 0 aliphatic heterocycles. The molecule has 2 aromatic heterocycles. The second kappa shape index (κ2) is 8.94. The van der Waals surface area contributed by atoms with Crippen molar-refractivity contribution in [2.75, 3.05) is 30.4 Å². The Balaban J connectivity index is 1.82. The van der Waals surface area contributed by atoms with Crippen LogP contribution in [0.5, 0.6) is 0 Å². The van der Waals surface area contributed by atoms with Crippen LogP contribution in [-0.2, 0) is 6.42 Å². The molecule has 3 rings (SSSR count). The molecule has 0 unspecified atom stereocenters. The molecular formula is C21H25N5. The van der Waals surface area contributed by atoms with E-state index in [9.17, 15) is 0 Å². The van der Waals surface area contributed by atoms with Crippen LogP contribution < -0.4 is 10.2 Å². The summed E-state index contributed by atoms with van der Waals surface area (Å²) in [5.74, 6) is 2.54. The van der Waals surface area contributed by atoms with Crippen molar-refractivity contribution in [1.29, 1.82) is 0 Å². The molecule has 1 aromatic carbocycles. The molecule has 0 aliphatic rings. The zero-order valence-corrected chi connectivity index (χ0v) is 15.4. The fraction of sp³-hybridized carbons (Fsp3) is 0.286. The van der Waals surface area contributed by atoms with Gasteiger partial charge in [0.25, 0.3) is 0 Å². The number of hydrogen-bond donors (Lipinski definition) is 1. The summed E-state index contributed by atoms with van der Waals surface area (Å²) in [6, 6.07) is 16.2. The number of pyridine rings is 1. The Labute approximate surface area is 155 Å². The first-order valence-electron chi connectivity index (χ1n) is 9.04. The minimum atomic E-state index is 0.748. The lowest BCUT2D eigenvalue weighted by molar-refractivity contribution is 0.854. The van der Waals surface area contributed by atoms with Gasteiger partial charge in [-0.15, -0.1) is 0 Å².